The monoisotopic (exact) mass is 483 g/mol. The number of halogens is 1. The number of methoxy groups -OCH3 is 1. The zero-order valence-corrected chi connectivity index (χ0v) is 19.8. The van der Waals surface area contributed by atoms with Crippen molar-refractivity contribution in [3.63, 3.8) is 0 Å². The lowest BCUT2D eigenvalue weighted by atomic mass is 9.90. The van der Waals surface area contributed by atoms with Crippen molar-refractivity contribution >= 4 is 28.9 Å². The molecule has 0 radical (unpaired) electrons. The molecular weight excluding hydrogens is 453 g/mol. The molecule has 2 aliphatic carbocycles. The fourth-order valence-corrected chi connectivity index (χ4v) is 4.85. The van der Waals surface area contributed by atoms with Crippen molar-refractivity contribution in [3.8, 4) is 0 Å². The Morgan fingerprint density at radius 2 is 2.11 bits per heavy atom. The number of hydrogen-bond donors (Lipinski definition) is 3. The number of rotatable bonds is 7. The Balaban J connectivity index is 1.44. The number of alkyl halides is 1. The topological polar surface area (TPSA) is 115 Å². The lowest BCUT2D eigenvalue weighted by molar-refractivity contribution is 0.0525. The summed E-state index contributed by atoms with van der Waals surface area (Å²) in [6.07, 6.45) is 7.15. The van der Waals surface area contributed by atoms with Crippen LogP contribution in [-0.2, 0) is 4.74 Å². The number of aromatic nitrogens is 4. The summed E-state index contributed by atoms with van der Waals surface area (Å²) < 4.78 is 22.5. The first-order valence-corrected chi connectivity index (χ1v) is 12.0. The molecule has 2 aliphatic rings. The Morgan fingerprint density at radius 1 is 1.26 bits per heavy atom. The molecule has 1 amide bonds. The number of amides is 1. The number of carbonyl (C=O) groups excluding carboxylic acids is 1. The second kappa shape index (κ2) is 9.65. The summed E-state index contributed by atoms with van der Waals surface area (Å²) in [5.41, 5.74) is 0.777. The van der Waals surface area contributed by atoms with Crippen LogP contribution in [0.4, 0.5) is 21.7 Å². The first-order chi connectivity index (χ1) is 17.0. The van der Waals surface area contributed by atoms with Gasteiger partial charge in [-0.1, -0.05) is 0 Å². The number of anilines is 3. The van der Waals surface area contributed by atoms with Gasteiger partial charge in [0.25, 0.3) is 11.5 Å². The summed E-state index contributed by atoms with van der Waals surface area (Å²) in [6.45, 7) is 0. The molecule has 0 bridgehead atoms. The first-order valence-electron chi connectivity index (χ1n) is 12.0. The third-order valence-electron chi connectivity index (χ3n) is 7.04. The minimum Gasteiger partial charge on any atom is -0.381 e. The van der Waals surface area contributed by atoms with Crippen LogP contribution in [-0.4, -0.2) is 57.5 Å². The molecule has 3 heterocycles. The standard InChI is InChI=1S/C24H30FN7O3/c1-26-21-12-20(30-22-16(13-27-32(21)22)23(33)29-18-9-8-17(18)25)28-19-7-4-10-31(24(19)34)14-5-3-6-15(11-14)35-2/h4,7,10,12-15,17-18,26H,3,5-6,8-9,11H2,1-2H3,(H,28,30)(H,29,33)/t14-,15-,17+,18?/m1/s1. The van der Waals surface area contributed by atoms with Crippen LogP contribution in [0.3, 0.4) is 0 Å². The van der Waals surface area contributed by atoms with Gasteiger partial charge in [0.15, 0.2) is 5.65 Å². The highest BCUT2D eigenvalue weighted by atomic mass is 19.1. The Labute approximate surface area is 201 Å². The van der Waals surface area contributed by atoms with E-state index < -0.39 is 18.1 Å². The third-order valence-corrected chi connectivity index (χ3v) is 7.04. The van der Waals surface area contributed by atoms with Gasteiger partial charge in [0.1, 0.15) is 29.1 Å². The minimum absolute atomic E-state index is 0.0715. The van der Waals surface area contributed by atoms with Crippen LogP contribution in [0.1, 0.15) is 54.9 Å². The van der Waals surface area contributed by atoms with Gasteiger partial charge in [-0.25, -0.2) is 9.37 Å². The molecule has 10 nitrogen and oxygen atoms in total. The molecule has 0 aromatic carbocycles. The lowest BCUT2D eigenvalue weighted by Crippen LogP contribution is -2.48. The van der Waals surface area contributed by atoms with Crippen LogP contribution < -0.4 is 21.5 Å². The van der Waals surface area contributed by atoms with E-state index in [1.54, 1.807) is 30.9 Å². The van der Waals surface area contributed by atoms with Gasteiger partial charge < -0.3 is 25.3 Å². The largest absolute Gasteiger partial charge is 0.381 e. The molecule has 4 atom stereocenters. The van der Waals surface area contributed by atoms with Crippen LogP contribution in [0.2, 0.25) is 0 Å². The number of nitrogens with one attached hydrogen (secondary N) is 3. The molecule has 2 saturated carbocycles. The van der Waals surface area contributed by atoms with Gasteiger partial charge in [-0.15, -0.1) is 0 Å². The Morgan fingerprint density at radius 3 is 2.83 bits per heavy atom. The maximum atomic E-state index is 13.7. The fourth-order valence-electron chi connectivity index (χ4n) is 4.85. The van der Waals surface area contributed by atoms with E-state index in [1.165, 1.54) is 10.7 Å². The highest BCUT2D eigenvalue weighted by molar-refractivity contribution is 6.00. The van der Waals surface area contributed by atoms with Crippen molar-refractivity contribution in [1.29, 1.82) is 0 Å². The molecule has 186 valence electrons. The predicted molar refractivity (Wildman–Crippen MR) is 130 cm³/mol. The average Bonchev–Trinajstić information content (AvgIpc) is 3.31. The van der Waals surface area contributed by atoms with Crippen molar-refractivity contribution in [2.24, 2.45) is 0 Å². The van der Waals surface area contributed by atoms with E-state index in [1.807, 2.05) is 12.3 Å². The Kier molecular flexibility index (Phi) is 6.42. The van der Waals surface area contributed by atoms with Crippen molar-refractivity contribution in [2.45, 2.75) is 62.9 Å². The summed E-state index contributed by atoms with van der Waals surface area (Å²) >= 11 is 0. The van der Waals surface area contributed by atoms with E-state index in [2.05, 4.69) is 26.0 Å². The summed E-state index contributed by atoms with van der Waals surface area (Å²) in [5, 5.41) is 13.1. The van der Waals surface area contributed by atoms with Gasteiger partial charge >= 0.3 is 0 Å². The average molecular weight is 484 g/mol. The normalized spacial score (nSPS) is 24.1. The highest BCUT2D eigenvalue weighted by Crippen LogP contribution is 2.29. The van der Waals surface area contributed by atoms with Crippen LogP contribution in [0.15, 0.2) is 35.4 Å². The maximum absolute atomic E-state index is 13.7. The number of carbonyl (C=O) groups is 1. The van der Waals surface area contributed by atoms with E-state index in [4.69, 9.17) is 4.74 Å². The van der Waals surface area contributed by atoms with Gasteiger partial charge in [0.2, 0.25) is 0 Å². The zero-order chi connectivity index (χ0) is 24.5. The van der Waals surface area contributed by atoms with Crippen molar-refractivity contribution in [1.82, 2.24) is 24.5 Å². The highest BCUT2D eigenvalue weighted by Gasteiger charge is 2.33. The summed E-state index contributed by atoms with van der Waals surface area (Å²) in [6, 6.07) is 4.85. The number of fused-ring (bicyclic) bond motifs is 1. The van der Waals surface area contributed by atoms with Gasteiger partial charge in [0, 0.05) is 32.5 Å². The number of pyridine rings is 1. The summed E-state index contributed by atoms with van der Waals surface area (Å²) in [7, 11) is 3.44. The zero-order valence-electron chi connectivity index (χ0n) is 19.8. The van der Waals surface area contributed by atoms with Crippen LogP contribution in [0, 0.1) is 0 Å². The first kappa shape index (κ1) is 23.3. The number of ether oxygens (including phenoxy) is 1. The summed E-state index contributed by atoms with van der Waals surface area (Å²) in [4.78, 5) is 30.7. The van der Waals surface area contributed by atoms with E-state index in [0.717, 1.165) is 25.7 Å². The molecule has 0 aliphatic heterocycles. The molecule has 1 unspecified atom stereocenters. The Hall–Kier alpha value is -3.47. The van der Waals surface area contributed by atoms with E-state index in [-0.39, 0.29) is 23.3 Å². The number of nitrogens with zero attached hydrogens (tertiary/aromatic N) is 4. The van der Waals surface area contributed by atoms with Gasteiger partial charge in [-0.05, 0) is 50.7 Å². The molecule has 3 N–H and O–H groups in total. The van der Waals surface area contributed by atoms with Crippen LogP contribution in [0.25, 0.3) is 5.65 Å². The fraction of sp³-hybridized carbons (Fsp3) is 0.500. The SMILES string of the molecule is CNc1cc(Nc2cccn([C@@H]3CCC[C@@H](OC)C3)c2=O)nc2c(C(=O)NC3CC[C@@H]3F)cnn12. The predicted octanol–water partition coefficient (Wildman–Crippen LogP) is 3.04. The van der Waals surface area contributed by atoms with E-state index in [9.17, 15) is 14.0 Å². The molecule has 0 spiro atoms. The molecule has 3 aromatic heterocycles. The number of hydrogen-bond acceptors (Lipinski definition) is 7. The second-order valence-corrected chi connectivity index (χ2v) is 9.18. The maximum Gasteiger partial charge on any atom is 0.274 e. The smallest absolute Gasteiger partial charge is 0.274 e. The quantitative estimate of drug-likeness (QED) is 0.473. The lowest BCUT2D eigenvalue weighted by Gasteiger charge is -2.30. The molecule has 0 saturated heterocycles. The minimum atomic E-state index is -1.03. The molecule has 3 aromatic rings. The van der Waals surface area contributed by atoms with Crippen molar-refractivity contribution in [2.75, 3.05) is 24.8 Å². The Bertz CT molecular complexity index is 1290. The van der Waals surface area contributed by atoms with E-state index >= 15 is 0 Å². The van der Waals surface area contributed by atoms with Gasteiger partial charge in [-0.3, -0.25) is 9.59 Å². The molecule has 5 rings (SSSR count). The van der Waals surface area contributed by atoms with Crippen molar-refractivity contribution < 1.29 is 13.9 Å². The third kappa shape index (κ3) is 4.47. The van der Waals surface area contributed by atoms with Crippen molar-refractivity contribution in [3.05, 3.63) is 46.5 Å². The summed E-state index contributed by atoms with van der Waals surface area (Å²) in [5.74, 6) is 0.540. The van der Waals surface area contributed by atoms with E-state index in [0.29, 0.717) is 35.8 Å². The molecule has 11 heteroatoms. The molecule has 2 fully saturated rings. The molecule has 35 heavy (non-hydrogen) atoms. The van der Waals surface area contributed by atoms with Gasteiger partial charge in [0.05, 0.1) is 18.3 Å². The van der Waals surface area contributed by atoms with Gasteiger partial charge in [-0.2, -0.15) is 9.61 Å². The second-order valence-electron chi connectivity index (χ2n) is 9.18. The molecular formula is C24H30FN7O3. The van der Waals surface area contributed by atoms with Crippen LogP contribution in [0.5, 0.6) is 0 Å². The van der Waals surface area contributed by atoms with Crippen LogP contribution >= 0.6 is 0 Å².